The zero-order valence-corrected chi connectivity index (χ0v) is 29.9. The van der Waals surface area contributed by atoms with Gasteiger partial charge >= 0.3 is 0 Å². The first-order chi connectivity index (χ1) is 23.2. The minimum atomic E-state index is -0.188. The third-order valence-electron chi connectivity index (χ3n) is 11.0. The largest absolute Gasteiger partial charge is 0.308 e. The molecule has 48 heavy (non-hydrogen) atoms. The number of rotatable bonds is 6. The molecule has 0 atom stereocenters. The molecular weight excluding hydrogens is 579 g/mol. The van der Waals surface area contributed by atoms with Crippen molar-refractivity contribution < 1.29 is 0 Å². The number of nitrogens with zero attached hydrogens (tertiary/aromatic N) is 1. The summed E-state index contributed by atoms with van der Waals surface area (Å²) in [5.74, 6) is 0. The highest BCUT2D eigenvalue weighted by Crippen LogP contribution is 2.56. The van der Waals surface area contributed by atoms with Crippen LogP contribution in [-0.4, -0.2) is 4.57 Å². The molecule has 0 saturated carbocycles. The standard InChI is InChI=1S/C45H41N.C2H6/c1-9-17-33-32(12-4)31(11-3)27(10-2)22-34(33)30-24-36-35-23-29(28-18-14-13-15-19-28)25-39-41(35)46-42(36)40(26-30)45(7,8)38-21-16-20-37(43(38)46)44(39,5)6;1-2/h9-10,12-26H,2,4,11H2,1,3,5-8H3;1-2H3/b17-9-;. The summed E-state index contributed by atoms with van der Waals surface area (Å²) in [4.78, 5) is 0. The molecule has 5 aromatic carbocycles. The van der Waals surface area contributed by atoms with Crippen molar-refractivity contribution in [2.75, 3.05) is 0 Å². The number of para-hydroxylation sites is 1. The highest BCUT2D eigenvalue weighted by Gasteiger charge is 2.43. The lowest BCUT2D eigenvalue weighted by Gasteiger charge is -2.42. The monoisotopic (exact) mass is 625 g/mol. The van der Waals surface area contributed by atoms with Gasteiger partial charge in [0.1, 0.15) is 0 Å². The predicted octanol–water partition coefficient (Wildman–Crippen LogP) is 13.3. The van der Waals surface area contributed by atoms with Crippen LogP contribution in [0.2, 0.25) is 0 Å². The summed E-state index contributed by atoms with van der Waals surface area (Å²) >= 11 is 0. The molecule has 0 saturated heterocycles. The number of aromatic nitrogens is 1. The number of benzene rings is 5. The van der Waals surface area contributed by atoms with Gasteiger partial charge in [-0.05, 0) is 110 Å². The Kier molecular flexibility index (Phi) is 7.51. The van der Waals surface area contributed by atoms with Gasteiger partial charge in [-0.3, -0.25) is 0 Å². The Morgan fingerprint density at radius 3 is 1.77 bits per heavy atom. The minimum Gasteiger partial charge on any atom is -0.308 e. The summed E-state index contributed by atoms with van der Waals surface area (Å²) in [6.07, 6.45) is 9.38. The SMILES string of the molecule is C=Cc1cc(-c2cc3c4c(c2)c2cc(-c5ccccc5)cc5c2n4-c2c(cccc2C3(C)C)C5(C)C)c(/C=C\C)c(C=C)c1CC.CC. The van der Waals surface area contributed by atoms with E-state index in [1.165, 1.54) is 94.3 Å². The van der Waals surface area contributed by atoms with E-state index in [4.69, 9.17) is 0 Å². The molecule has 2 aliphatic heterocycles. The van der Waals surface area contributed by atoms with Crippen molar-refractivity contribution in [2.24, 2.45) is 0 Å². The first-order valence-electron chi connectivity index (χ1n) is 17.6. The van der Waals surface area contributed by atoms with Crippen LogP contribution in [0, 0.1) is 0 Å². The van der Waals surface area contributed by atoms with E-state index >= 15 is 0 Å². The molecule has 3 heterocycles. The lowest BCUT2D eigenvalue weighted by atomic mass is 9.68. The summed E-state index contributed by atoms with van der Waals surface area (Å²) in [7, 11) is 0. The van der Waals surface area contributed by atoms with Gasteiger partial charge in [-0.2, -0.15) is 0 Å². The average molecular weight is 626 g/mol. The van der Waals surface area contributed by atoms with Gasteiger partial charge in [0.15, 0.2) is 0 Å². The summed E-state index contributed by atoms with van der Waals surface area (Å²) in [5, 5.41) is 2.64. The van der Waals surface area contributed by atoms with Crippen LogP contribution in [0.4, 0.5) is 0 Å². The molecule has 0 N–H and O–H groups in total. The Hall–Kier alpha value is -4.88. The van der Waals surface area contributed by atoms with E-state index in [2.05, 4.69) is 150 Å². The van der Waals surface area contributed by atoms with Gasteiger partial charge in [0.05, 0.1) is 16.7 Å². The molecule has 0 bridgehead atoms. The summed E-state index contributed by atoms with van der Waals surface area (Å²) in [6, 6.07) is 30.0. The molecule has 0 amide bonds. The molecule has 6 aromatic rings. The van der Waals surface area contributed by atoms with E-state index in [9.17, 15) is 0 Å². The number of fused-ring (bicyclic) bond motifs is 1. The first kappa shape index (κ1) is 31.7. The zero-order valence-electron chi connectivity index (χ0n) is 29.9. The van der Waals surface area contributed by atoms with Crippen molar-refractivity contribution >= 4 is 40.0 Å². The maximum Gasteiger partial charge on any atom is 0.0582 e. The van der Waals surface area contributed by atoms with Gasteiger partial charge in [-0.25, -0.2) is 0 Å². The van der Waals surface area contributed by atoms with Crippen molar-refractivity contribution in [1.82, 2.24) is 4.57 Å². The Bertz CT molecular complexity index is 2320. The van der Waals surface area contributed by atoms with Crippen LogP contribution in [0.3, 0.4) is 0 Å². The van der Waals surface area contributed by atoms with Crippen LogP contribution in [0.1, 0.15) is 99.9 Å². The molecule has 0 fully saturated rings. The molecule has 0 unspecified atom stereocenters. The summed E-state index contributed by atoms with van der Waals surface area (Å²) in [5.41, 5.74) is 19.2. The molecule has 1 heteroatoms. The maximum atomic E-state index is 4.27. The van der Waals surface area contributed by atoms with E-state index in [1.54, 1.807) is 0 Å². The van der Waals surface area contributed by atoms with Crippen LogP contribution in [0.5, 0.6) is 0 Å². The van der Waals surface area contributed by atoms with E-state index in [0.717, 1.165) is 6.42 Å². The topological polar surface area (TPSA) is 4.93 Å². The highest BCUT2D eigenvalue weighted by molar-refractivity contribution is 6.16. The van der Waals surface area contributed by atoms with Crippen molar-refractivity contribution in [3.8, 4) is 27.9 Å². The van der Waals surface area contributed by atoms with Crippen LogP contribution in [-0.2, 0) is 17.3 Å². The summed E-state index contributed by atoms with van der Waals surface area (Å²) < 4.78 is 2.62. The van der Waals surface area contributed by atoms with Crippen molar-refractivity contribution in [3.05, 3.63) is 143 Å². The molecule has 0 radical (unpaired) electrons. The van der Waals surface area contributed by atoms with Gasteiger partial charge in [-0.1, -0.05) is 134 Å². The van der Waals surface area contributed by atoms with Crippen molar-refractivity contribution in [2.45, 2.75) is 72.6 Å². The summed E-state index contributed by atoms with van der Waals surface area (Å²) in [6.45, 7) is 26.5. The molecule has 2 aliphatic rings. The number of hydrogen-bond acceptors (Lipinski definition) is 0. The Morgan fingerprint density at radius 1 is 0.646 bits per heavy atom. The Balaban J connectivity index is 0.00000179. The average Bonchev–Trinajstić information content (AvgIpc) is 3.44. The van der Waals surface area contributed by atoms with Crippen LogP contribution in [0.15, 0.2) is 98.1 Å². The maximum absolute atomic E-state index is 4.27. The van der Waals surface area contributed by atoms with Crippen molar-refractivity contribution in [1.29, 1.82) is 0 Å². The van der Waals surface area contributed by atoms with E-state index in [1.807, 2.05) is 26.0 Å². The third-order valence-corrected chi connectivity index (χ3v) is 11.0. The van der Waals surface area contributed by atoms with Crippen LogP contribution >= 0.6 is 0 Å². The zero-order chi connectivity index (χ0) is 34.1. The smallest absolute Gasteiger partial charge is 0.0582 e. The van der Waals surface area contributed by atoms with Crippen molar-refractivity contribution in [3.63, 3.8) is 0 Å². The van der Waals surface area contributed by atoms with Gasteiger partial charge in [0.25, 0.3) is 0 Å². The number of allylic oxidation sites excluding steroid dienone is 1. The number of hydrogen-bond donors (Lipinski definition) is 0. The van der Waals surface area contributed by atoms with E-state index in [0.29, 0.717) is 0 Å². The van der Waals surface area contributed by atoms with Crippen LogP contribution < -0.4 is 0 Å². The van der Waals surface area contributed by atoms with Gasteiger partial charge in [-0.15, -0.1) is 0 Å². The molecule has 0 spiro atoms. The fraction of sp³-hybridized carbons (Fsp3) is 0.234. The lowest BCUT2D eigenvalue weighted by Crippen LogP contribution is -2.33. The molecule has 8 rings (SSSR count). The Morgan fingerprint density at radius 2 is 1.23 bits per heavy atom. The van der Waals surface area contributed by atoms with Gasteiger partial charge < -0.3 is 4.57 Å². The second-order valence-electron chi connectivity index (χ2n) is 14.1. The molecule has 1 aromatic heterocycles. The third kappa shape index (κ3) is 4.16. The Labute approximate surface area is 287 Å². The first-order valence-corrected chi connectivity index (χ1v) is 17.6. The second kappa shape index (κ2) is 11.4. The lowest BCUT2D eigenvalue weighted by molar-refractivity contribution is 0.594. The molecule has 1 nitrogen and oxygen atoms in total. The highest BCUT2D eigenvalue weighted by atomic mass is 15.0. The second-order valence-corrected chi connectivity index (χ2v) is 14.1. The normalized spacial score (nSPS) is 14.8. The molecular formula is C47H47N. The molecule has 0 aliphatic carbocycles. The van der Waals surface area contributed by atoms with Crippen LogP contribution in [0.25, 0.3) is 68.0 Å². The van der Waals surface area contributed by atoms with Gasteiger partial charge in [0.2, 0.25) is 0 Å². The van der Waals surface area contributed by atoms with E-state index < -0.39 is 0 Å². The van der Waals surface area contributed by atoms with Gasteiger partial charge in [0, 0.05) is 21.6 Å². The predicted molar refractivity (Wildman–Crippen MR) is 212 cm³/mol. The fourth-order valence-electron chi connectivity index (χ4n) is 8.66. The molecule has 240 valence electrons. The fourth-order valence-corrected chi connectivity index (χ4v) is 8.66. The quantitative estimate of drug-likeness (QED) is 0.174. The van der Waals surface area contributed by atoms with E-state index in [-0.39, 0.29) is 10.8 Å². The minimum absolute atomic E-state index is 0.151.